The summed E-state index contributed by atoms with van der Waals surface area (Å²) in [7, 11) is -1.66. The van der Waals surface area contributed by atoms with Crippen molar-refractivity contribution in [3.8, 4) is 0 Å². The molecule has 0 unspecified atom stereocenters. The Kier molecular flexibility index (Phi) is 5.03. The highest BCUT2D eigenvalue weighted by molar-refractivity contribution is 7.94. The van der Waals surface area contributed by atoms with Gasteiger partial charge in [-0.2, -0.15) is 0 Å². The minimum atomic E-state index is -3.50. The number of anilines is 1. The lowest BCUT2D eigenvalue weighted by atomic mass is 10.2. The van der Waals surface area contributed by atoms with E-state index in [1.807, 2.05) is 50.5 Å². The second-order valence-electron chi connectivity index (χ2n) is 4.76. The number of aryl methyl sites for hydroxylation is 1. The Bertz CT molecular complexity index is 708. The van der Waals surface area contributed by atoms with E-state index >= 15 is 0 Å². The molecule has 0 amide bonds. The second kappa shape index (κ2) is 6.60. The van der Waals surface area contributed by atoms with Gasteiger partial charge in [-0.1, -0.05) is 18.2 Å². The summed E-state index contributed by atoms with van der Waals surface area (Å²) < 4.78 is 27.6. The molecule has 1 N–H and O–H groups in total. The van der Waals surface area contributed by atoms with E-state index in [1.54, 1.807) is 6.07 Å². The summed E-state index contributed by atoms with van der Waals surface area (Å²) in [6, 6.07) is 9.29. The molecule has 0 saturated heterocycles. The Labute approximate surface area is 130 Å². The Morgan fingerprint density at radius 1 is 1.29 bits per heavy atom. The van der Waals surface area contributed by atoms with Gasteiger partial charge in [-0.25, -0.2) is 8.42 Å². The quantitative estimate of drug-likeness (QED) is 0.888. The normalized spacial score (nSPS) is 11.6. The Hall–Kier alpha value is -1.37. The van der Waals surface area contributed by atoms with Crippen LogP contribution in [0.1, 0.15) is 18.1 Å². The lowest BCUT2D eigenvalue weighted by Crippen LogP contribution is -2.30. The molecule has 0 spiro atoms. The summed E-state index contributed by atoms with van der Waals surface area (Å²) in [5.74, 6) is 0. The molecular formula is C15H20N2O2S2. The van der Waals surface area contributed by atoms with Gasteiger partial charge in [0.1, 0.15) is 4.21 Å². The minimum Gasteiger partial charge on any atom is -0.316 e. The first kappa shape index (κ1) is 16.0. The van der Waals surface area contributed by atoms with Gasteiger partial charge in [-0.05, 0) is 49.5 Å². The summed E-state index contributed by atoms with van der Waals surface area (Å²) in [5.41, 5.74) is 2.68. The Morgan fingerprint density at radius 3 is 2.62 bits per heavy atom. The van der Waals surface area contributed by atoms with Gasteiger partial charge in [0.2, 0.25) is 0 Å². The fourth-order valence-corrected chi connectivity index (χ4v) is 5.07. The highest BCUT2D eigenvalue weighted by Crippen LogP contribution is 2.29. The molecule has 6 heteroatoms. The number of rotatable bonds is 6. The maximum Gasteiger partial charge on any atom is 0.273 e. The summed E-state index contributed by atoms with van der Waals surface area (Å²) >= 11 is 1.27. The molecule has 0 fully saturated rings. The van der Waals surface area contributed by atoms with Crippen LogP contribution in [-0.4, -0.2) is 22.0 Å². The van der Waals surface area contributed by atoms with E-state index in [4.69, 9.17) is 0 Å². The molecule has 0 aliphatic carbocycles. The molecule has 2 aromatic rings. The smallest absolute Gasteiger partial charge is 0.273 e. The maximum absolute atomic E-state index is 12.8. The monoisotopic (exact) mass is 324 g/mol. The second-order valence-corrected chi connectivity index (χ2v) is 7.76. The van der Waals surface area contributed by atoms with Crippen molar-refractivity contribution in [2.45, 2.75) is 24.6 Å². The van der Waals surface area contributed by atoms with Gasteiger partial charge in [0.25, 0.3) is 10.0 Å². The number of hydrogen-bond donors (Lipinski definition) is 1. The average Bonchev–Trinajstić information content (AvgIpc) is 2.91. The van der Waals surface area contributed by atoms with Crippen LogP contribution >= 0.6 is 11.3 Å². The van der Waals surface area contributed by atoms with E-state index in [-0.39, 0.29) is 0 Å². The van der Waals surface area contributed by atoms with E-state index in [9.17, 15) is 8.42 Å². The van der Waals surface area contributed by atoms with Gasteiger partial charge >= 0.3 is 0 Å². The third kappa shape index (κ3) is 3.28. The molecule has 1 aromatic heterocycles. The van der Waals surface area contributed by atoms with E-state index in [1.165, 1.54) is 15.6 Å². The van der Waals surface area contributed by atoms with Crippen LogP contribution in [0.3, 0.4) is 0 Å². The van der Waals surface area contributed by atoms with E-state index in [2.05, 4.69) is 5.32 Å². The van der Waals surface area contributed by atoms with Crippen molar-refractivity contribution >= 4 is 27.0 Å². The van der Waals surface area contributed by atoms with E-state index < -0.39 is 10.0 Å². The van der Waals surface area contributed by atoms with Crippen molar-refractivity contribution in [3.05, 3.63) is 46.8 Å². The predicted octanol–water partition coefficient (Wildman–Crippen LogP) is 2.99. The van der Waals surface area contributed by atoms with Crippen molar-refractivity contribution in [2.75, 3.05) is 17.9 Å². The van der Waals surface area contributed by atoms with Crippen LogP contribution in [0.15, 0.2) is 39.9 Å². The summed E-state index contributed by atoms with van der Waals surface area (Å²) in [6.45, 7) is 4.86. The highest BCUT2D eigenvalue weighted by atomic mass is 32.2. The van der Waals surface area contributed by atoms with Crippen molar-refractivity contribution in [1.82, 2.24) is 5.32 Å². The lowest BCUT2D eigenvalue weighted by Gasteiger charge is -2.23. The van der Waals surface area contributed by atoms with Crippen LogP contribution in [0, 0.1) is 6.92 Å². The zero-order valence-electron chi connectivity index (χ0n) is 12.5. The van der Waals surface area contributed by atoms with Gasteiger partial charge in [0, 0.05) is 13.1 Å². The SMILES string of the molecule is CCN(c1ccccc1C)S(=O)(=O)c1cc(CNC)cs1. The van der Waals surface area contributed by atoms with Crippen LogP contribution in [0.2, 0.25) is 0 Å². The van der Waals surface area contributed by atoms with Crippen LogP contribution in [0.25, 0.3) is 0 Å². The molecule has 0 saturated carbocycles. The molecule has 0 aliphatic rings. The number of hydrogen-bond acceptors (Lipinski definition) is 4. The molecule has 114 valence electrons. The molecule has 21 heavy (non-hydrogen) atoms. The third-order valence-electron chi connectivity index (χ3n) is 3.23. The average molecular weight is 324 g/mol. The van der Waals surface area contributed by atoms with Gasteiger partial charge in [-0.3, -0.25) is 4.31 Å². The molecule has 0 radical (unpaired) electrons. The molecule has 2 rings (SSSR count). The first-order chi connectivity index (χ1) is 10.0. The number of para-hydroxylation sites is 1. The highest BCUT2D eigenvalue weighted by Gasteiger charge is 2.26. The molecule has 1 aromatic carbocycles. The van der Waals surface area contributed by atoms with Crippen LogP contribution in [-0.2, 0) is 16.6 Å². The maximum atomic E-state index is 12.8. The van der Waals surface area contributed by atoms with Crippen molar-refractivity contribution in [2.24, 2.45) is 0 Å². The number of sulfonamides is 1. The van der Waals surface area contributed by atoms with Gasteiger partial charge in [0.05, 0.1) is 5.69 Å². The Balaban J connectivity index is 2.42. The van der Waals surface area contributed by atoms with Gasteiger partial charge < -0.3 is 5.32 Å². The zero-order chi connectivity index (χ0) is 15.5. The Morgan fingerprint density at radius 2 is 2.00 bits per heavy atom. The first-order valence-corrected chi connectivity index (χ1v) is 9.13. The summed E-state index contributed by atoms with van der Waals surface area (Å²) in [6.07, 6.45) is 0. The largest absolute Gasteiger partial charge is 0.316 e. The van der Waals surface area contributed by atoms with E-state index in [0.29, 0.717) is 17.3 Å². The van der Waals surface area contributed by atoms with Crippen molar-refractivity contribution < 1.29 is 8.42 Å². The standard InChI is InChI=1S/C15H20N2O2S2/c1-4-17(14-8-6-5-7-12(14)2)21(18,19)15-9-13(10-16-3)11-20-15/h5-9,11,16H,4,10H2,1-3H3. The predicted molar refractivity (Wildman–Crippen MR) is 88.5 cm³/mol. The van der Waals surface area contributed by atoms with Gasteiger partial charge in [0.15, 0.2) is 0 Å². The number of nitrogens with one attached hydrogen (secondary N) is 1. The third-order valence-corrected chi connectivity index (χ3v) is 6.58. The van der Waals surface area contributed by atoms with Crippen LogP contribution < -0.4 is 9.62 Å². The number of benzene rings is 1. The minimum absolute atomic E-state index is 0.387. The molecule has 4 nitrogen and oxygen atoms in total. The van der Waals surface area contributed by atoms with Crippen LogP contribution in [0.4, 0.5) is 5.69 Å². The van der Waals surface area contributed by atoms with E-state index in [0.717, 1.165) is 16.8 Å². The molecule has 0 aliphatic heterocycles. The lowest BCUT2D eigenvalue weighted by molar-refractivity contribution is 0.593. The first-order valence-electron chi connectivity index (χ1n) is 6.81. The molecule has 1 heterocycles. The summed E-state index contributed by atoms with van der Waals surface area (Å²) in [4.78, 5) is 0. The van der Waals surface area contributed by atoms with Crippen molar-refractivity contribution in [1.29, 1.82) is 0 Å². The number of nitrogens with zero attached hydrogens (tertiary/aromatic N) is 1. The molecule has 0 atom stereocenters. The topological polar surface area (TPSA) is 49.4 Å². The fourth-order valence-electron chi connectivity index (χ4n) is 2.21. The molecule has 0 bridgehead atoms. The zero-order valence-corrected chi connectivity index (χ0v) is 14.1. The van der Waals surface area contributed by atoms with Crippen LogP contribution in [0.5, 0.6) is 0 Å². The van der Waals surface area contributed by atoms with Crippen molar-refractivity contribution in [3.63, 3.8) is 0 Å². The summed E-state index contributed by atoms with van der Waals surface area (Å²) in [5, 5.41) is 4.92. The van der Waals surface area contributed by atoms with Gasteiger partial charge in [-0.15, -0.1) is 11.3 Å². The number of thiophene rings is 1. The fraction of sp³-hybridized carbons (Fsp3) is 0.333. The molecular weight excluding hydrogens is 304 g/mol.